The first-order valence-electron chi connectivity index (χ1n) is 10.1. The summed E-state index contributed by atoms with van der Waals surface area (Å²) < 4.78 is 5.66. The van der Waals surface area contributed by atoms with Crippen LogP contribution < -0.4 is 10.0 Å². The van der Waals surface area contributed by atoms with Gasteiger partial charge in [0.05, 0.1) is 24.7 Å². The fourth-order valence-electron chi connectivity index (χ4n) is 3.47. The van der Waals surface area contributed by atoms with Crippen molar-refractivity contribution < 1.29 is 19.1 Å². The van der Waals surface area contributed by atoms with Crippen molar-refractivity contribution in [3.63, 3.8) is 0 Å². The van der Waals surface area contributed by atoms with E-state index in [4.69, 9.17) is 10.00 Å². The number of amides is 1. The Morgan fingerprint density at radius 3 is 2.53 bits per heavy atom. The van der Waals surface area contributed by atoms with E-state index in [9.17, 15) is 14.8 Å². The number of nitrogens with one attached hydrogen (secondary N) is 1. The van der Waals surface area contributed by atoms with Gasteiger partial charge in [0.1, 0.15) is 0 Å². The number of aromatic nitrogens is 1. The molecule has 3 aromatic rings. The number of rotatable bonds is 7. The van der Waals surface area contributed by atoms with Gasteiger partial charge in [-0.2, -0.15) is 9.99 Å². The SMILES string of the molecule is COC(=O)C(Cc1cccc(C#N)c1)C(C)NC(=O)c1ccc(-c2ccc[n+]([O-])c2)cc1. The maximum Gasteiger partial charge on any atom is 0.311 e. The van der Waals surface area contributed by atoms with Crippen LogP contribution in [-0.4, -0.2) is 25.0 Å². The topological polar surface area (TPSA) is 106 Å². The van der Waals surface area contributed by atoms with Gasteiger partial charge in [0.25, 0.3) is 5.91 Å². The molecule has 1 N–H and O–H groups in total. The Kier molecular flexibility index (Phi) is 7.19. The van der Waals surface area contributed by atoms with Crippen molar-refractivity contribution in [2.75, 3.05) is 7.11 Å². The lowest BCUT2D eigenvalue weighted by Gasteiger charge is -2.23. The van der Waals surface area contributed by atoms with Crippen LogP contribution in [0.4, 0.5) is 0 Å². The molecule has 3 rings (SSSR count). The lowest BCUT2D eigenvalue weighted by molar-refractivity contribution is -0.604. The Morgan fingerprint density at radius 2 is 1.88 bits per heavy atom. The Labute approximate surface area is 186 Å². The van der Waals surface area contributed by atoms with Gasteiger partial charge < -0.3 is 15.3 Å². The van der Waals surface area contributed by atoms with Crippen LogP contribution in [0.15, 0.2) is 73.1 Å². The van der Waals surface area contributed by atoms with Crippen LogP contribution in [0.1, 0.15) is 28.4 Å². The second kappa shape index (κ2) is 10.2. The number of hydrogen-bond donors (Lipinski definition) is 1. The van der Waals surface area contributed by atoms with Gasteiger partial charge in [-0.3, -0.25) is 9.59 Å². The molecule has 0 radical (unpaired) electrons. The Balaban J connectivity index is 1.72. The molecule has 0 aliphatic rings. The molecule has 0 spiro atoms. The molecule has 1 heterocycles. The highest BCUT2D eigenvalue weighted by Crippen LogP contribution is 2.19. The molecule has 2 aromatic carbocycles. The molecule has 0 saturated carbocycles. The van der Waals surface area contributed by atoms with Gasteiger partial charge in [-0.1, -0.05) is 24.3 Å². The number of esters is 1. The first kappa shape index (κ1) is 22.5. The third-order valence-corrected chi connectivity index (χ3v) is 5.23. The molecule has 1 aromatic heterocycles. The highest BCUT2D eigenvalue weighted by molar-refractivity contribution is 5.95. The molecule has 2 unspecified atom stereocenters. The summed E-state index contributed by atoms with van der Waals surface area (Å²) in [6.45, 7) is 1.75. The first-order chi connectivity index (χ1) is 15.4. The van der Waals surface area contributed by atoms with Gasteiger partial charge in [0.2, 0.25) is 0 Å². The van der Waals surface area contributed by atoms with Crippen LogP contribution in [0.3, 0.4) is 0 Å². The zero-order valence-corrected chi connectivity index (χ0v) is 17.8. The van der Waals surface area contributed by atoms with Crippen LogP contribution in [0.2, 0.25) is 0 Å². The van der Waals surface area contributed by atoms with Gasteiger partial charge in [-0.05, 0) is 54.8 Å². The molecule has 32 heavy (non-hydrogen) atoms. The normalized spacial score (nSPS) is 12.3. The van der Waals surface area contributed by atoms with Crippen LogP contribution in [0, 0.1) is 22.5 Å². The van der Waals surface area contributed by atoms with E-state index in [1.165, 1.54) is 19.5 Å². The molecule has 2 atom stereocenters. The largest absolute Gasteiger partial charge is 0.619 e. The van der Waals surface area contributed by atoms with Crippen molar-refractivity contribution >= 4 is 11.9 Å². The maximum absolute atomic E-state index is 12.8. The predicted octanol–water partition coefficient (Wildman–Crippen LogP) is 3.01. The highest BCUT2D eigenvalue weighted by Gasteiger charge is 2.28. The number of pyridine rings is 1. The summed E-state index contributed by atoms with van der Waals surface area (Å²) in [5.74, 6) is -1.38. The average molecular weight is 429 g/mol. The number of nitrogens with zero attached hydrogens (tertiary/aromatic N) is 2. The number of methoxy groups -OCH3 is 1. The molecule has 7 heteroatoms. The summed E-state index contributed by atoms with van der Waals surface area (Å²) in [7, 11) is 1.31. The second-order valence-electron chi connectivity index (χ2n) is 7.44. The smallest absolute Gasteiger partial charge is 0.311 e. The Bertz CT molecular complexity index is 1150. The molecule has 0 aliphatic carbocycles. The fourth-order valence-corrected chi connectivity index (χ4v) is 3.47. The molecule has 0 saturated heterocycles. The summed E-state index contributed by atoms with van der Waals surface area (Å²) in [5, 5.41) is 23.4. The van der Waals surface area contributed by atoms with E-state index in [2.05, 4.69) is 11.4 Å². The zero-order chi connectivity index (χ0) is 23.1. The van der Waals surface area contributed by atoms with E-state index in [-0.39, 0.29) is 5.91 Å². The third-order valence-electron chi connectivity index (χ3n) is 5.23. The molecule has 0 aliphatic heterocycles. The molecule has 162 valence electrons. The third kappa shape index (κ3) is 5.49. The minimum Gasteiger partial charge on any atom is -0.619 e. The molecule has 0 fully saturated rings. The summed E-state index contributed by atoms with van der Waals surface area (Å²) >= 11 is 0. The number of benzene rings is 2. The number of carbonyl (C=O) groups is 2. The lowest BCUT2D eigenvalue weighted by atomic mass is 9.92. The van der Waals surface area contributed by atoms with Crippen molar-refractivity contribution in [3.8, 4) is 17.2 Å². The van der Waals surface area contributed by atoms with Crippen LogP contribution >= 0.6 is 0 Å². The number of ether oxygens (including phenoxy) is 1. The minimum atomic E-state index is -0.617. The molecule has 7 nitrogen and oxygen atoms in total. The molecule has 1 amide bonds. The number of hydrogen-bond acceptors (Lipinski definition) is 5. The second-order valence-corrected chi connectivity index (χ2v) is 7.44. The van der Waals surface area contributed by atoms with Gasteiger partial charge in [-0.25, -0.2) is 0 Å². The minimum absolute atomic E-state index is 0.323. The van der Waals surface area contributed by atoms with E-state index >= 15 is 0 Å². The standard InChI is InChI=1S/C25H23N3O4/c1-17(23(25(30)32-2)14-18-5-3-6-19(13-18)15-26)27-24(29)21-10-8-20(9-11-21)22-7-4-12-28(31)16-22/h3-13,16-17,23H,14H2,1-2H3,(H,27,29). The monoisotopic (exact) mass is 429 g/mol. The zero-order valence-electron chi connectivity index (χ0n) is 17.8. The van der Waals surface area contributed by atoms with Crippen LogP contribution in [0.5, 0.6) is 0 Å². The van der Waals surface area contributed by atoms with Crippen molar-refractivity contribution in [1.82, 2.24) is 5.32 Å². The van der Waals surface area contributed by atoms with E-state index in [1.807, 2.05) is 12.1 Å². The van der Waals surface area contributed by atoms with Gasteiger partial charge >= 0.3 is 5.97 Å². The van der Waals surface area contributed by atoms with Crippen molar-refractivity contribution in [2.45, 2.75) is 19.4 Å². The van der Waals surface area contributed by atoms with Crippen LogP contribution in [0.25, 0.3) is 11.1 Å². The van der Waals surface area contributed by atoms with Crippen molar-refractivity contribution in [3.05, 3.63) is 95.0 Å². The summed E-state index contributed by atoms with van der Waals surface area (Å²) in [6, 6.07) is 18.9. The van der Waals surface area contributed by atoms with Crippen molar-refractivity contribution in [1.29, 1.82) is 5.26 Å². The van der Waals surface area contributed by atoms with E-state index in [0.717, 1.165) is 21.4 Å². The number of nitriles is 1. The summed E-state index contributed by atoms with van der Waals surface area (Å²) in [5.41, 5.74) is 3.30. The van der Waals surface area contributed by atoms with Gasteiger partial charge in [0.15, 0.2) is 12.4 Å². The summed E-state index contributed by atoms with van der Waals surface area (Å²) in [4.78, 5) is 25.2. The van der Waals surface area contributed by atoms with Gasteiger partial charge in [-0.15, -0.1) is 0 Å². The Morgan fingerprint density at radius 1 is 1.12 bits per heavy atom. The quantitative estimate of drug-likeness (QED) is 0.353. The summed E-state index contributed by atoms with van der Waals surface area (Å²) in [6.07, 6.45) is 3.19. The fraction of sp³-hybridized carbons (Fsp3) is 0.200. The van der Waals surface area contributed by atoms with Gasteiger partial charge in [0, 0.05) is 23.2 Å². The van der Waals surface area contributed by atoms with E-state index in [1.54, 1.807) is 55.5 Å². The maximum atomic E-state index is 12.8. The van der Waals surface area contributed by atoms with Crippen molar-refractivity contribution in [2.24, 2.45) is 5.92 Å². The molecule has 0 bridgehead atoms. The highest BCUT2D eigenvalue weighted by atomic mass is 16.5. The Hall–Kier alpha value is -4.18. The molecular weight excluding hydrogens is 406 g/mol. The van der Waals surface area contributed by atoms with E-state index < -0.39 is 17.9 Å². The molecular formula is C25H23N3O4. The predicted molar refractivity (Wildman–Crippen MR) is 118 cm³/mol. The number of carbonyl (C=O) groups excluding carboxylic acids is 2. The first-order valence-corrected chi connectivity index (χ1v) is 10.1. The average Bonchev–Trinajstić information content (AvgIpc) is 2.82. The lowest BCUT2D eigenvalue weighted by Crippen LogP contribution is -2.42. The van der Waals surface area contributed by atoms with Crippen LogP contribution in [-0.2, 0) is 16.0 Å². The van der Waals surface area contributed by atoms with E-state index in [0.29, 0.717) is 17.5 Å².